The molecule has 72 valence electrons. The van der Waals surface area contributed by atoms with Crippen LogP contribution in [-0.2, 0) is 5.75 Å². The van der Waals surface area contributed by atoms with Gasteiger partial charge in [0.25, 0.3) is 0 Å². The molecule has 0 saturated carbocycles. The van der Waals surface area contributed by atoms with Crippen molar-refractivity contribution in [2.45, 2.75) is 19.1 Å². The molecule has 0 radical (unpaired) electrons. The molecule has 0 atom stereocenters. The second kappa shape index (κ2) is 5.55. The molecule has 0 aliphatic carbocycles. The largest absolute Gasteiger partial charge is 0.398 e. The van der Waals surface area contributed by atoms with Crippen molar-refractivity contribution in [1.29, 1.82) is 0 Å². The van der Waals surface area contributed by atoms with Gasteiger partial charge in [0.1, 0.15) is 0 Å². The molecular weight excluding hydrogens is 246 g/mol. The molecule has 13 heavy (non-hydrogen) atoms. The van der Waals surface area contributed by atoms with E-state index < -0.39 is 0 Å². The normalized spacial score (nSPS) is 10.3. The van der Waals surface area contributed by atoms with Crippen LogP contribution in [0.2, 0.25) is 0 Å². The van der Waals surface area contributed by atoms with E-state index >= 15 is 0 Å². The number of nitrogen functional groups attached to an aromatic ring is 1. The lowest BCUT2D eigenvalue weighted by molar-refractivity contribution is 1.10. The first-order chi connectivity index (χ1) is 6.24. The number of thioether (sulfide) groups is 1. The molecule has 0 aromatic heterocycles. The fourth-order valence-corrected chi connectivity index (χ4v) is 2.11. The van der Waals surface area contributed by atoms with Crippen LogP contribution in [0.25, 0.3) is 0 Å². The van der Waals surface area contributed by atoms with E-state index in [1.807, 2.05) is 23.9 Å². The monoisotopic (exact) mass is 259 g/mol. The molecule has 1 nitrogen and oxygen atoms in total. The zero-order valence-corrected chi connectivity index (χ0v) is 10.1. The minimum atomic E-state index is 0.828. The van der Waals surface area contributed by atoms with Crippen molar-refractivity contribution in [3.8, 4) is 0 Å². The molecule has 1 aromatic rings. The van der Waals surface area contributed by atoms with Crippen LogP contribution in [0.3, 0.4) is 0 Å². The zero-order chi connectivity index (χ0) is 9.68. The maximum atomic E-state index is 5.77. The molecule has 3 heteroatoms. The minimum absolute atomic E-state index is 0.828. The minimum Gasteiger partial charge on any atom is -0.398 e. The van der Waals surface area contributed by atoms with Gasteiger partial charge in [-0.05, 0) is 45.8 Å². The Morgan fingerprint density at radius 2 is 2.23 bits per heavy atom. The van der Waals surface area contributed by atoms with E-state index in [1.54, 1.807) is 0 Å². The summed E-state index contributed by atoms with van der Waals surface area (Å²) in [6, 6.07) is 6.16. The summed E-state index contributed by atoms with van der Waals surface area (Å²) in [5.41, 5.74) is 7.90. The van der Waals surface area contributed by atoms with E-state index in [0.29, 0.717) is 0 Å². The van der Waals surface area contributed by atoms with E-state index in [2.05, 4.69) is 28.9 Å². The Hall–Kier alpha value is -0.150. The highest BCUT2D eigenvalue weighted by Gasteiger charge is 1.97. The van der Waals surface area contributed by atoms with Crippen molar-refractivity contribution >= 4 is 33.4 Å². The molecule has 1 aromatic carbocycles. The van der Waals surface area contributed by atoms with Gasteiger partial charge in [0.05, 0.1) is 0 Å². The lowest BCUT2D eigenvalue weighted by Gasteiger charge is -2.03. The summed E-state index contributed by atoms with van der Waals surface area (Å²) in [6.07, 6.45) is 1.23. The Labute approximate surface area is 92.2 Å². The van der Waals surface area contributed by atoms with E-state index in [9.17, 15) is 0 Å². The number of nitrogens with two attached hydrogens (primary N) is 1. The summed E-state index contributed by atoms with van der Waals surface area (Å²) in [5.74, 6) is 2.28. The quantitative estimate of drug-likeness (QED) is 0.660. The number of hydrogen-bond acceptors (Lipinski definition) is 2. The topological polar surface area (TPSA) is 26.0 Å². The fraction of sp³-hybridized carbons (Fsp3) is 0.400. The summed E-state index contributed by atoms with van der Waals surface area (Å²) in [4.78, 5) is 0. The highest BCUT2D eigenvalue weighted by molar-refractivity contribution is 9.10. The predicted molar refractivity (Wildman–Crippen MR) is 65.0 cm³/mol. The highest BCUT2D eigenvalue weighted by Crippen LogP contribution is 2.22. The highest BCUT2D eigenvalue weighted by atomic mass is 79.9. The Bertz CT molecular complexity index is 276. The van der Waals surface area contributed by atoms with Gasteiger partial charge in [-0.1, -0.05) is 13.0 Å². The van der Waals surface area contributed by atoms with Gasteiger partial charge in [0, 0.05) is 15.9 Å². The van der Waals surface area contributed by atoms with Gasteiger partial charge < -0.3 is 5.73 Å². The van der Waals surface area contributed by atoms with Gasteiger partial charge in [0.2, 0.25) is 0 Å². The van der Waals surface area contributed by atoms with Crippen LogP contribution in [0.1, 0.15) is 18.9 Å². The third-order valence-corrected chi connectivity index (χ3v) is 3.63. The lowest BCUT2D eigenvalue weighted by atomic mass is 10.2. The van der Waals surface area contributed by atoms with Gasteiger partial charge in [-0.3, -0.25) is 0 Å². The first kappa shape index (κ1) is 10.9. The molecule has 0 spiro atoms. The van der Waals surface area contributed by atoms with Crippen molar-refractivity contribution in [1.82, 2.24) is 0 Å². The van der Waals surface area contributed by atoms with Gasteiger partial charge in [-0.2, -0.15) is 11.8 Å². The van der Waals surface area contributed by atoms with Crippen LogP contribution in [0.4, 0.5) is 5.69 Å². The van der Waals surface area contributed by atoms with Gasteiger partial charge in [-0.15, -0.1) is 0 Å². The molecule has 0 heterocycles. The summed E-state index contributed by atoms with van der Waals surface area (Å²) < 4.78 is 0.983. The maximum absolute atomic E-state index is 5.77. The molecule has 2 N–H and O–H groups in total. The van der Waals surface area contributed by atoms with Crippen molar-refractivity contribution in [2.75, 3.05) is 11.5 Å². The molecule has 0 aliphatic heterocycles. The number of anilines is 1. The Morgan fingerprint density at radius 1 is 1.46 bits per heavy atom. The Morgan fingerprint density at radius 3 is 2.85 bits per heavy atom. The number of halogens is 1. The summed E-state index contributed by atoms with van der Waals surface area (Å²) in [6.45, 7) is 2.20. The van der Waals surface area contributed by atoms with Crippen LogP contribution >= 0.6 is 27.7 Å². The fourth-order valence-electron chi connectivity index (χ4n) is 1.02. The molecular formula is C10H14BrNS. The molecule has 0 amide bonds. The van der Waals surface area contributed by atoms with E-state index in [-0.39, 0.29) is 0 Å². The van der Waals surface area contributed by atoms with Crippen LogP contribution in [0.5, 0.6) is 0 Å². The molecule has 0 fully saturated rings. The second-order valence-corrected chi connectivity index (χ2v) is 4.87. The first-order valence-electron chi connectivity index (χ1n) is 4.35. The van der Waals surface area contributed by atoms with Crippen molar-refractivity contribution in [2.24, 2.45) is 0 Å². The predicted octanol–water partition coefficient (Wildman–Crippen LogP) is 3.67. The van der Waals surface area contributed by atoms with Crippen LogP contribution in [0, 0.1) is 0 Å². The van der Waals surface area contributed by atoms with Crippen LogP contribution in [0.15, 0.2) is 22.7 Å². The van der Waals surface area contributed by atoms with E-state index in [0.717, 1.165) is 15.9 Å². The lowest BCUT2D eigenvalue weighted by Crippen LogP contribution is -1.89. The Kier molecular flexibility index (Phi) is 4.67. The van der Waals surface area contributed by atoms with Crippen molar-refractivity contribution in [3.05, 3.63) is 28.2 Å². The maximum Gasteiger partial charge on any atom is 0.0461 e. The van der Waals surface area contributed by atoms with Gasteiger partial charge in [0.15, 0.2) is 0 Å². The molecule has 0 saturated heterocycles. The van der Waals surface area contributed by atoms with Crippen molar-refractivity contribution < 1.29 is 0 Å². The third-order valence-electron chi connectivity index (χ3n) is 1.68. The first-order valence-corrected chi connectivity index (χ1v) is 6.30. The smallest absolute Gasteiger partial charge is 0.0461 e. The molecule has 0 unspecified atom stereocenters. The number of rotatable bonds is 4. The van der Waals surface area contributed by atoms with Crippen LogP contribution < -0.4 is 5.73 Å². The average Bonchev–Trinajstić information content (AvgIpc) is 2.12. The average molecular weight is 260 g/mol. The van der Waals surface area contributed by atoms with Gasteiger partial charge >= 0.3 is 0 Å². The van der Waals surface area contributed by atoms with Crippen molar-refractivity contribution in [3.63, 3.8) is 0 Å². The van der Waals surface area contributed by atoms with E-state index in [4.69, 9.17) is 5.73 Å². The van der Waals surface area contributed by atoms with Gasteiger partial charge in [-0.25, -0.2) is 0 Å². The van der Waals surface area contributed by atoms with Crippen LogP contribution in [-0.4, -0.2) is 5.75 Å². The zero-order valence-electron chi connectivity index (χ0n) is 7.72. The Balaban J connectivity index is 2.53. The number of hydrogen-bond donors (Lipinski definition) is 1. The standard InChI is InChI=1S/C10H14BrNS/c1-2-5-13-7-8-3-4-9(11)10(12)6-8/h3-4,6H,2,5,7,12H2,1H3. The second-order valence-electron chi connectivity index (χ2n) is 2.91. The SMILES string of the molecule is CCCSCc1ccc(Br)c(N)c1. The molecule has 0 bridgehead atoms. The summed E-state index contributed by atoms with van der Waals surface area (Å²) in [7, 11) is 0. The number of benzene rings is 1. The molecule has 1 rings (SSSR count). The van der Waals surface area contributed by atoms with E-state index in [1.165, 1.54) is 17.7 Å². The molecule has 0 aliphatic rings. The summed E-state index contributed by atoms with van der Waals surface area (Å²) in [5, 5.41) is 0. The summed E-state index contributed by atoms with van der Waals surface area (Å²) >= 11 is 5.33. The third kappa shape index (κ3) is 3.61.